The maximum atomic E-state index is 13.5. The highest BCUT2D eigenvalue weighted by Crippen LogP contribution is 2.32. The van der Waals surface area contributed by atoms with Crippen LogP contribution in [-0.2, 0) is 11.3 Å². The second-order valence-electron chi connectivity index (χ2n) is 8.92. The Hall–Kier alpha value is -2.81. The van der Waals surface area contributed by atoms with Crippen molar-refractivity contribution in [1.29, 1.82) is 0 Å². The van der Waals surface area contributed by atoms with E-state index < -0.39 is 6.10 Å². The van der Waals surface area contributed by atoms with Crippen LogP contribution < -0.4 is 4.74 Å². The van der Waals surface area contributed by atoms with Crippen molar-refractivity contribution in [1.82, 2.24) is 14.7 Å². The number of benzene rings is 2. The third-order valence-electron chi connectivity index (χ3n) is 5.73. The topological polar surface area (TPSA) is 59.8 Å². The highest BCUT2D eigenvalue weighted by Gasteiger charge is 2.24. The Morgan fingerprint density at radius 3 is 2.26 bits per heavy atom. The Balaban J connectivity index is 1.89. The number of aliphatic hydroxyl groups is 1. The summed E-state index contributed by atoms with van der Waals surface area (Å²) < 4.78 is 40.4. The largest absolute Gasteiger partial charge is 0.439 e. The monoisotopic (exact) mass is 487 g/mol. The lowest BCUT2D eigenvalue weighted by Crippen LogP contribution is -2.39. The molecule has 0 amide bonds. The summed E-state index contributed by atoms with van der Waals surface area (Å²) in [6.45, 7) is 9.89. The molecule has 0 aliphatic rings. The van der Waals surface area contributed by atoms with Gasteiger partial charge in [0, 0.05) is 25.7 Å². The van der Waals surface area contributed by atoms with E-state index >= 15 is 0 Å². The Labute approximate surface area is 206 Å². The van der Waals surface area contributed by atoms with Gasteiger partial charge in [0.2, 0.25) is 5.88 Å². The molecule has 3 aromatic rings. The molecule has 6 nitrogen and oxygen atoms in total. The Kier molecular flexibility index (Phi) is 9.77. The van der Waals surface area contributed by atoms with Gasteiger partial charge >= 0.3 is 0 Å². The van der Waals surface area contributed by atoms with Gasteiger partial charge in [-0.2, -0.15) is 5.10 Å². The van der Waals surface area contributed by atoms with Crippen molar-refractivity contribution in [3.63, 3.8) is 0 Å². The van der Waals surface area contributed by atoms with Crippen molar-refractivity contribution in [3.05, 3.63) is 71.4 Å². The van der Waals surface area contributed by atoms with Crippen LogP contribution in [0.2, 0.25) is 0 Å². The van der Waals surface area contributed by atoms with Crippen LogP contribution in [0.3, 0.4) is 0 Å². The van der Waals surface area contributed by atoms with Crippen LogP contribution in [0, 0.1) is 18.6 Å². The molecule has 0 bridgehead atoms. The van der Waals surface area contributed by atoms with Crippen molar-refractivity contribution in [2.75, 3.05) is 19.8 Å². The fourth-order valence-corrected chi connectivity index (χ4v) is 3.65. The van der Waals surface area contributed by atoms with Crippen molar-refractivity contribution in [2.24, 2.45) is 0 Å². The van der Waals surface area contributed by atoms with Crippen LogP contribution in [0.15, 0.2) is 48.5 Å². The van der Waals surface area contributed by atoms with E-state index in [2.05, 4.69) is 30.8 Å². The van der Waals surface area contributed by atoms with Crippen molar-refractivity contribution in [3.8, 4) is 17.3 Å². The van der Waals surface area contributed by atoms with E-state index in [1.165, 1.54) is 24.3 Å². The van der Waals surface area contributed by atoms with E-state index in [1.54, 1.807) is 28.9 Å². The molecule has 0 unspecified atom stereocenters. The second-order valence-corrected chi connectivity index (χ2v) is 8.92. The van der Waals surface area contributed by atoms with Crippen LogP contribution in [0.25, 0.3) is 5.69 Å². The van der Waals surface area contributed by atoms with Crippen molar-refractivity contribution >= 4 is 0 Å². The third kappa shape index (κ3) is 7.59. The van der Waals surface area contributed by atoms with Gasteiger partial charge in [-0.3, -0.25) is 4.90 Å². The fraction of sp³-hybridized carbons (Fsp3) is 0.444. The highest BCUT2D eigenvalue weighted by molar-refractivity contribution is 5.43. The quantitative estimate of drug-likeness (QED) is 0.316. The maximum absolute atomic E-state index is 13.5. The van der Waals surface area contributed by atoms with Crippen LogP contribution in [0.1, 0.15) is 44.9 Å². The molecular weight excluding hydrogens is 452 g/mol. The van der Waals surface area contributed by atoms with Gasteiger partial charge < -0.3 is 14.6 Å². The van der Waals surface area contributed by atoms with E-state index in [0.717, 1.165) is 24.1 Å². The Bertz CT molecular complexity index is 1050. The molecule has 0 aliphatic carbocycles. The second kappa shape index (κ2) is 12.8. The first kappa shape index (κ1) is 26.8. The lowest BCUT2D eigenvalue weighted by Gasteiger charge is -2.29. The molecule has 0 spiro atoms. The molecule has 0 fully saturated rings. The zero-order valence-corrected chi connectivity index (χ0v) is 20.9. The summed E-state index contributed by atoms with van der Waals surface area (Å²) in [5.74, 6) is 0.207. The number of aromatic nitrogens is 2. The summed E-state index contributed by atoms with van der Waals surface area (Å²) in [7, 11) is 0. The number of aliphatic hydroxyl groups excluding tert-OH is 1. The highest BCUT2D eigenvalue weighted by atomic mass is 19.1. The average Bonchev–Trinajstić information content (AvgIpc) is 3.13. The van der Waals surface area contributed by atoms with Crippen LogP contribution >= 0.6 is 0 Å². The number of hydrogen-bond donors (Lipinski definition) is 1. The third-order valence-corrected chi connectivity index (χ3v) is 5.73. The minimum absolute atomic E-state index is 0.132. The van der Waals surface area contributed by atoms with Gasteiger partial charge in [0.25, 0.3) is 0 Å². The summed E-state index contributed by atoms with van der Waals surface area (Å²) in [6, 6.07) is 11.9. The first-order valence-corrected chi connectivity index (χ1v) is 12.1. The molecule has 1 atom stereocenters. The summed E-state index contributed by atoms with van der Waals surface area (Å²) in [6.07, 6.45) is 1.37. The number of ether oxygens (including phenoxy) is 2. The molecule has 1 N–H and O–H groups in total. The van der Waals surface area contributed by atoms with E-state index in [4.69, 9.17) is 9.47 Å². The van der Waals surface area contributed by atoms with Crippen LogP contribution in [0.4, 0.5) is 8.78 Å². The molecule has 1 aromatic heterocycles. The van der Waals surface area contributed by atoms with Gasteiger partial charge in [0.05, 0.1) is 29.7 Å². The zero-order valence-electron chi connectivity index (χ0n) is 20.9. The molecule has 35 heavy (non-hydrogen) atoms. The molecule has 190 valence electrons. The number of nitrogens with zero attached hydrogens (tertiary/aromatic N) is 3. The standard InChI is InChI=1S/C27H35F2N3O3/c1-5-6-15-34-18-24(33)16-31(19(2)3)17-26-20(4)30-32(23-11-7-21(28)8-12-23)27(26)35-25-13-9-22(29)10-14-25/h7-14,19,24,33H,5-6,15-18H2,1-4H3/t24-/m0/s1. The lowest BCUT2D eigenvalue weighted by atomic mass is 10.2. The molecule has 1 heterocycles. The van der Waals surface area contributed by atoms with Gasteiger partial charge in [0.1, 0.15) is 17.4 Å². The van der Waals surface area contributed by atoms with E-state index in [1.807, 2.05) is 6.92 Å². The molecule has 0 saturated carbocycles. The average molecular weight is 488 g/mol. The Morgan fingerprint density at radius 1 is 1.03 bits per heavy atom. The summed E-state index contributed by atoms with van der Waals surface area (Å²) in [5.41, 5.74) is 2.20. The van der Waals surface area contributed by atoms with Crippen molar-refractivity contribution < 1.29 is 23.4 Å². The number of rotatable bonds is 13. The van der Waals surface area contributed by atoms with Gasteiger partial charge in [-0.05, 0) is 75.7 Å². The fourth-order valence-electron chi connectivity index (χ4n) is 3.65. The molecular formula is C27H35F2N3O3. The smallest absolute Gasteiger partial charge is 0.227 e. The minimum atomic E-state index is -0.636. The molecule has 8 heteroatoms. The predicted octanol–water partition coefficient (Wildman–Crippen LogP) is 5.64. The summed E-state index contributed by atoms with van der Waals surface area (Å²) in [4.78, 5) is 2.13. The lowest BCUT2D eigenvalue weighted by molar-refractivity contribution is 0.00842. The van der Waals surface area contributed by atoms with Crippen molar-refractivity contribution in [2.45, 2.75) is 59.2 Å². The predicted molar refractivity (Wildman–Crippen MR) is 132 cm³/mol. The van der Waals surface area contributed by atoms with Gasteiger partial charge in [-0.25, -0.2) is 13.5 Å². The molecule has 2 aromatic carbocycles. The van der Waals surface area contributed by atoms with E-state index in [9.17, 15) is 13.9 Å². The molecule has 0 saturated heterocycles. The SMILES string of the molecule is CCCCOC[C@@H](O)CN(Cc1c(C)nn(-c2ccc(F)cc2)c1Oc1ccc(F)cc1)C(C)C. The first-order valence-electron chi connectivity index (χ1n) is 12.1. The summed E-state index contributed by atoms with van der Waals surface area (Å²) in [5, 5.41) is 15.2. The Morgan fingerprint density at radius 2 is 1.66 bits per heavy atom. The van der Waals surface area contributed by atoms with Gasteiger partial charge in [-0.15, -0.1) is 0 Å². The molecule has 0 radical (unpaired) electrons. The summed E-state index contributed by atoms with van der Waals surface area (Å²) >= 11 is 0. The molecule has 3 rings (SSSR count). The van der Waals surface area contributed by atoms with Gasteiger partial charge in [0.15, 0.2) is 0 Å². The van der Waals surface area contributed by atoms with Crippen LogP contribution in [-0.4, -0.2) is 51.7 Å². The zero-order chi connectivity index (χ0) is 25.4. The van der Waals surface area contributed by atoms with Gasteiger partial charge in [-0.1, -0.05) is 13.3 Å². The maximum Gasteiger partial charge on any atom is 0.227 e. The normalized spacial score (nSPS) is 12.5. The van der Waals surface area contributed by atoms with E-state index in [0.29, 0.717) is 37.0 Å². The number of aryl methyl sites for hydroxylation is 1. The van der Waals surface area contributed by atoms with Crippen LogP contribution in [0.5, 0.6) is 11.6 Å². The first-order chi connectivity index (χ1) is 16.8. The number of halogens is 2. The number of unbranched alkanes of at least 4 members (excludes halogenated alkanes) is 1. The number of hydrogen-bond acceptors (Lipinski definition) is 5. The van der Waals surface area contributed by atoms with E-state index in [-0.39, 0.29) is 24.3 Å². The molecule has 0 aliphatic heterocycles. The minimum Gasteiger partial charge on any atom is -0.439 e.